The number of sulfone groups is 1. The fourth-order valence-corrected chi connectivity index (χ4v) is 3.82. The molecule has 30 heavy (non-hydrogen) atoms. The van der Waals surface area contributed by atoms with Crippen LogP contribution in [0.1, 0.15) is 15.9 Å². The van der Waals surface area contributed by atoms with E-state index in [2.05, 4.69) is 10.2 Å². The molecule has 6 nitrogen and oxygen atoms in total. The Kier molecular flexibility index (Phi) is 6.09. The highest BCUT2D eigenvalue weighted by atomic mass is 32.2. The van der Waals surface area contributed by atoms with E-state index in [4.69, 9.17) is 0 Å². The van der Waals surface area contributed by atoms with Crippen LogP contribution in [0.3, 0.4) is 0 Å². The molecular formula is C20H22F3N3O3S. The summed E-state index contributed by atoms with van der Waals surface area (Å²) >= 11 is 0. The molecule has 1 heterocycles. The molecule has 0 bridgehead atoms. The molecule has 1 N–H and O–H groups in total. The van der Waals surface area contributed by atoms with Gasteiger partial charge in [0.2, 0.25) is 0 Å². The molecule has 1 fully saturated rings. The van der Waals surface area contributed by atoms with E-state index in [0.29, 0.717) is 24.5 Å². The van der Waals surface area contributed by atoms with Crippen LogP contribution in [0.15, 0.2) is 47.4 Å². The van der Waals surface area contributed by atoms with Crippen molar-refractivity contribution in [2.75, 3.05) is 49.7 Å². The maximum atomic E-state index is 12.7. The van der Waals surface area contributed by atoms with E-state index in [0.717, 1.165) is 43.6 Å². The quantitative estimate of drug-likeness (QED) is 0.790. The number of halogens is 3. The number of nitrogens with zero attached hydrogens (tertiary/aromatic N) is 2. The lowest BCUT2D eigenvalue weighted by Gasteiger charge is -2.35. The molecule has 0 radical (unpaired) electrons. The number of piperazine rings is 1. The molecule has 0 unspecified atom stereocenters. The molecule has 0 atom stereocenters. The number of anilines is 2. The Morgan fingerprint density at radius 2 is 1.60 bits per heavy atom. The van der Waals surface area contributed by atoms with E-state index >= 15 is 0 Å². The maximum absolute atomic E-state index is 12.7. The largest absolute Gasteiger partial charge is 0.416 e. The smallest absolute Gasteiger partial charge is 0.367 e. The average Bonchev–Trinajstić information content (AvgIpc) is 2.67. The fraction of sp³-hybridized carbons (Fsp3) is 0.350. The molecule has 1 aliphatic rings. The van der Waals surface area contributed by atoms with Gasteiger partial charge in [-0.05, 0) is 49.5 Å². The van der Waals surface area contributed by atoms with Gasteiger partial charge < -0.3 is 15.1 Å². The van der Waals surface area contributed by atoms with Gasteiger partial charge in [-0.1, -0.05) is 0 Å². The molecular weight excluding hydrogens is 419 g/mol. The summed E-state index contributed by atoms with van der Waals surface area (Å²) in [5, 5.41) is 2.67. The monoisotopic (exact) mass is 441 g/mol. The Morgan fingerprint density at radius 1 is 1.00 bits per heavy atom. The Hall–Kier alpha value is -2.59. The number of nitrogens with one attached hydrogen (secondary N) is 1. The van der Waals surface area contributed by atoms with Crippen LogP contribution in [-0.2, 0) is 16.0 Å². The highest BCUT2D eigenvalue weighted by molar-refractivity contribution is 7.90. The van der Waals surface area contributed by atoms with Crippen molar-refractivity contribution in [2.24, 2.45) is 0 Å². The number of alkyl halides is 3. The van der Waals surface area contributed by atoms with Gasteiger partial charge in [0, 0.05) is 38.0 Å². The van der Waals surface area contributed by atoms with Gasteiger partial charge in [-0.25, -0.2) is 8.42 Å². The van der Waals surface area contributed by atoms with Crippen LogP contribution < -0.4 is 10.2 Å². The van der Waals surface area contributed by atoms with Crippen LogP contribution in [0.25, 0.3) is 0 Å². The van der Waals surface area contributed by atoms with Crippen molar-refractivity contribution in [2.45, 2.75) is 11.1 Å². The van der Waals surface area contributed by atoms with Gasteiger partial charge in [0.15, 0.2) is 9.84 Å². The molecule has 0 aromatic heterocycles. The number of benzene rings is 2. The van der Waals surface area contributed by atoms with Crippen molar-refractivity contribution in [3.8, 4) is 0 Å². The van der Waals surface area contributed by atoms with Crippen molar-refractivity contribution < 1.29 is 26.4 Å². The lowest BCUT2D eigenvalue weighted by Crippen LogP contribution is -2.44. The third kappa shape index (κ3) is 5.11. The van der Waals surface area contributed by atoms with Gasteiger partial charge in [-0.2, -0.15) is 13.2 Å². The van der Waals surface area contributed by atoms with Crippen LogP contribution in [0, 0.1) is 0 Å². The number of likely N-dealkylation sites (N-methyl/N-ethyl adjacent to an activating group) is 1. The third-order valence-corrected chi connectivity index (χ3v) is 6.07. The highest BCUT2D eigenvalue weighted by Gasteiger charge is 2.30. The van der Waals surface area contributed by atoms with Crippen LogP contribution in [0.5, 0.6) is 0 Å². The first kappa shape index (κ1) is 22.1. The molecule has 1 saturated heterocycles. The molecule has 2 aromatic rings. The molecule has 10 heteroatoms. The third-order valence-electron chi connectivity index (χ3n) is 4.96. The summed E-state index contributed by atoms with van der Waals surface area (Å²) < 4.78 is 62.2. The minimum atomic E-state index is -4.49. The van der Waals surface area contributed by atoms with E-state index in [-0.39, 0.29) is 10.5 Å². The molecule has 162 valence electrons. The zero-order valence-electron chi connectivity index (χ0n) is 16.5. The zero-order valence-corrected chi connectivity index (χ0v) is 17.3. The van der Waals surface area contributed by atoms with Gasteiger partial charge in [-0.3, -0.25) is 4.79 Å². The second-order valence-corrected chi connectivity index (χ2v) is 9.29. The van der Waals surface area contributed by atoms with Crippen molar-refractivity contribution in [1.82, 2.24) is 4.90 Å². The summed E-state index contributed by atoms with van der Waals surface area (Å²) in [6.45, 7) is 3.00. The SMILES string of the molecule is CN1CCN(c2ccc(S(C)(=O)=O)cc2NC(=O)c2ccc(C(F)(F)F)cc2)CC1. The van der Waals surface area contributed by atoms with Crippen LogP contribution >= 0.6 is 0 Å². The van der Waals surface area contributed by atoms with E-state index in [1.165, 1.54) is 12.1 Å². The number of carbonyl (C=O) groups excluding carboxylic acids is 1. The first-order valence-corrected chi connectivity index (χ1v) is 11.1. The molecule has 3 rings (SSSR count). The molecule has 0 spiro atoms. The van der Waals surface area contributed by atoms with Gasteiger partial charge in [-0.15, -0.1) is 0 Å². The Morgan fingerprint density at radius 3 is 2.13 bits per heavy atom. The van der Waals surface area contributed by atoms with E-state index in [1.807, 2.05) is 11.9 Å². The first-order valence-electron chi connectivity index (χ1n) is 9.21. The zero-order chi connectivity index (χ0) is 22.1. The van der Waals surface area contributed by atoms with E-state index < -0.39 is 27.5 Å². The Bertz CT molecular complexity index is 1030. The summed E-state index contributed by atoms with van der Waals surface area (Å²) in [6.07, 6.45) is -3.42. The predicted octanol–water partition coefficient (Wildman–Crippen LogP) is 3.11. The minimum Gasteiger partial charge on any atom is -0.367 e. The van der Waals surface area contributed by atoms with Gasteiger partial charge in [0.1, 0.15) is 0 Å². The van der Waals surface area contributed by atoms with Gasteiger partial charge >= 0.3 is 6.18 Å². The summed E-state index contributed by atoms with van der Waals surface area (Å²) in [5.74, 6) is -0.621. The lowest BCUT2D eigenvalue weighted by molar-refractivity contribution is -0.137. The molecule has 2 aromatic carbocycles. The second kappa shape index (κ2) is 8.27. The average molecular weight is 441 g/mol. The summed E-state index contributed by atoms with van der Waals surface area (Å²) in [6, 6.07) is 8.36. The van der Waals surface area contributed by atoms with Crippen molar-refractivity contribution in [1.29, 1.82) is 0 Å². The normalized spacial score (nSPS) is 15.8. The molecule has 1 aliphatic heterocycles. The molecule has 0 saturated carbocycles. The topological polar surface area (TPSA) is 69.7 Å². The molecule has 0 aliphatic carbocycles. The maximum Gasteiger partial charge on any atom is 0.416 e. The number of hydrogen-bond donors (Lipinski definition) is 1. The van der Waals surface area contributed by atoms with Crippen molar-refractivity contribution in [3.63, 3.8) is 0 Å². The van der Waals surface area contributed by atoms with Crippen molar-refractivity contribution >= 4 is 27.1 Å². The summed E-state index contributed by atoms with van der Waals surface area (Å²) in [4.78, 5) is 16.9. The van der Waals surface area contributed by atoms with Gasteiger partial charge in [0.05, 0.1) is 21.8 Å². The highest BCUT2D eigenvalue weighted by Crippen LogP contribution is 2.31. The van der Waals surface area contributed by atoms with Crippen LogP contribution in [0.2, 0.25) is 0 Å². The predicted molar refractivity (Wildman–Crippen MR) is 109 cm³/mol. The number of amides is 1. The minimum absolute atomic E-state index is 0.0390. The summed E-state index contributed by atoms with van der Waals surface area (Å²) in [7, 11) is -1.51. The van der Waals surface area contributed by atoms with Crippen LogP contribution in [0.4, 0.5) is 24.5 Å². The van der Waals surface area contributed by atoms with Crippen molar-refractivity contribution in [3.05, 3.63) is 53.6 Å². The van der Waals surface area contributed by atoms with Gasteiger partial charge in [0.25, 0.3) is 5.91 Å². The second-order valence-electron chi connectivity index (χ2n) is 7.27. The van der Waals surface area contributed by atoms with E-state index in [1.54, 1.807) is 6.07 Å². The fourth-order valence-electron chi connectivity index (χ4n) is 3.17. The lowest BCUT2D eigenvalue weighted by atomic mass is 10.1. The Balaban J connectivity index is 1.91. The number of hydrogen-bond acceptors (Lipinski definition) is 5. The number of rotatable bonds is 4. The summed E-state index contributed by atoms with van der Waals surface area (Å²) in [5.41, 5.74) is 0.150. The van der Waals surface area contributed by atoms with E-state index in [9.17, 15) is 26.4 Å². The van der Waals surface area contributed by atoms with Crippen LogP contribution in [-0.4, -0.2) is 58.7 Å². The standard InChI is InChI=1S/C20H22F3N3O3S/c1-25-9-11-26(12-10-25)18-8-7-16(30(2,28)29)13-17(18)24-19(27)14-3-5-15(6-4-14)20(21,22)23/h3-8,13H,9-12H2,1-2H3,(H,24,27). The number of carbonyl (C=O) groups is 1. The first-order chi connectivity index (χ1) is 13.9. The Labute approximate surface area is 173 Å². The molecule has 1 amide bonds.